The standard InChI is InChI=1S/C22H35N3O3S/c1-16-6-7-21(19(4)13-16)29(27,28)25-10-8-23(9-11-25)20(5)22(26)24-14-17(2)12-18(3)15-24/h6-7,13,17-18,20H,8-12,14-15H2,1-5H3/p+1/t17-,18-,20+/m0/s1. The number of piperidine rings is 1. The minimum Gasteiger partial charge on any atom is -0.337 e. The zero-order valence-corrected chi connectivity index (χ0v) is 19.3. The maximum absolute atomic E-state index is 13.1. The summed E-state index contributed by atoms with van der Waals surface area (Å²) in [7, 11) is -3.49. The van der Waals surface area contributed by atoms with Crippen LogP contribution in [0.3, 0.4) is 0 Å². The molecule has 0 saturated carbocycles. The first-order valence-electron chi connectivity index (χ1n) is 10.8. The van der Waals surface area contributed by atoms with Crippen LogP contribution in [0.2, 0.25) is 0 Å². The number of quaternary nitrogens is 1. The summed E-state index contributed by atoms with van der Waals surface area (Å²) in [6.07, 6.45) is 1.18. The van der Waals surface area contributed by atoms with Crippen molar-refractivity contribution < 1.29 is 18.1 Å². The van der Waals surface area contributed by atoms with Crippen LogP contribution in [0.25, 0.3) is 0 Å². The Morgan fingerprint density at radius 1 is 1.10 bits per heavy atom. The maximum Gasteiger partial charge on any atom is 0.280 e. The number of likely N-dealkylation sites (tertiary alicyclic amines) is 1. The van der Waals surface area contributed by atoms with Gasteiger partial charge in [0.05, 0.1) is 31.1 Å². The van der Waals surface area contributed by atoms with E-state index < -0.39 is 10.0 Å². The van der Waals surface area contributed by atoms with Crippen LogP contribution in [0.15, 0.2) is 23.1 Å². The number of sulfonamides is 1. The SMILES string of the molecule is Cc1ccc(S(=O)(=O)N2CC[NH+]([C@H](C)C(=O)N3C[C@@H](C)C[C@H](C)C3)CC2)c(C)c1. The van der Waals surface area contributed by atoms with Crippen molar-refractivity contribution in [2.45, 2.75) is 52.0 Å². The third kappa shape index (κ3) is 4.84. The number of nitrogens with zero attached hydrogens (tertiary/aromatic N) is 2. The quantitative estimate of drug-likeness (QED) is 0.790. The van der Waals surface area contributed by atoms with Crippen molar-refractivity contribution in [2.24, 2.45) is 11.8 Å². The molecular weight excluding hydrogens is 386 g/mol. The van der Waals surface area contributed by atoms with E-state index in [0.717, 1.165) is 24.2 Å². The second-order valence-electron chi connectivity index (χ2n) is 9.24. The van der Waals surface area contributed by atoms with E-state index in [-0.39, 0.29) is 11.9 Å². The Hall–Kier alpha value is -1.44. The Kier molecular flexibility index (Phi) is 6.70. The van der Waals surface area contributed by atoms with Crippen molar-refractivity contribution in [1.29, 1.82) is 0 Å². The van der Waals surface area contributed by atoms with Crippen molar-refractivity contribution in [3.63, 3.8) is 0 Å². The number of aryl methyl sites for hydroxylation is 2. The van der Waals surface area contributed by atoms with Gasteiger partial charge < -0.3 is 9.80 Å². The van der Waals surface area contributed by atoms with Gasteiger partial charge in [0.15, 0.2) is 6.04 Å². The highest BCUT2D eigenvalue weighted by Gasteiger charge is 2.37. The van der Waals surface area contributed by atoms with E-state index in [2.05, 4.69) is 13.8 Å². The lowest BCUT2D eigenvalue weighted by molar-refractivity contribution is -0.918. The second kappa shape index (κ2) is 8.74. The van der Waals surface area contributed by atoms with Crippen molar-refractivity contribution in [2.75, 3.05) is 39.3 Å². The van der Waals surface area contributed by atoms with Crippen molar-refractivity contribution in [3.8, 4) is 0 Å². The average molecular weight is 423 g/mol. The Morgan fingerprint density at radius 3 is 2.24 bits per heavy atom. The maximum atomic E-state index is 13.1. The van der Waals surface area contributed by atoms with E-state index in [0.29, 0.717) is 42.9 Å². The molecule has 29 heavy (non-hydrogen) atoms. The largest absolute Gasteiger partial charge is 0.337 e. The van der Waals surface area contributed by atoms with Gasteiger partial charge in [0.25, 0.3) is 5.91 Å². The van der Waals surface area contributed by atoms with Crippen molar-refractivity contribution in [1.82, 2.24) is 9.21 Å². The lowest BCUT2D eigenvalue weighted by Gasteiger charge is -2.39. The van der Waals surface area contributed by atoms with Crippen LogP contribution in [0, 0.1) is 25.7 Å². The van der Waals surface area contributed by atoms with Gasteiger partial charge in [-0.05, 0) is 50.7 Å². The summed E-state index contributed by atoms with van der Waals surface area (Å²) in [5, 5.41) is 0. The Balaban J connectivity index is 1.63. The van der Waals surface area contributed by atoms with Crippen LogP contribution < -0.4 is 4.90 Å². The fourth-order valence-electron chi connectivity index (χ4n) is 4.97. The molecular formula is C22H36N3O3S+. The second-order valence-corrected chi connectivity index (χ2v) is 11.1. The summed E-state index contributed by atoms with van der Waals surface area (Å²) >= 11 is 0. The van der Waals surface area contributed by atoms with Gasteiger partial charge in [-0.15, -0.1) is 0 Å². The molecule has 0 spiro atoms. The summed E-state index contributed by atoms with van der Waals surface area (Å²) in [6, 6.07) is 5.35. The van der Waals surface area contributed by atoms with Gasteiger partial charge >= 0.3 is 0 Å². The number of piperazine rings is 1. The third-order valence-electron chi connectivity index (χ3n) is 6.48. The number of benzene rings is 1. The molecule has 3 atom stereocenters. The molecule has 3 rings (SSSR count). The number of rotatable bonds is 4. The monoisotopic (exact) mass is 422 g/mol. The highest BCUT2D eigenvalue weighted by atomic mass is 32.2. The highest BCUT2D eigenvalue weighted by molar-refractivity contribution is 7.89. The normalized spacial score (nSPS) is 25.8. The van der Waals surface area contributed by atoms with E-state index in [9.17, 15) is 13.2 Å². The molecule has 0 radical (unpaired) electrons. The molecule has 1 aromatic rings. The van der Waals surface area contributed by atoms with Gasteiger partial charge in [-0.1, -0.05) is 31.5 Å². The molecule has 0 unspecified atom stereocenters. The number of nitrogens with one attached hydrogen (secondary N) is 1. The number of carbonyl (C=O) groups is 1. The zero-order chi connectivity index (χ0) is 21.3. The number of carbonyl (C=O) groups excluding carboxylic acids is 1. The van der Waals surface area contributed by atoms with E-state index in [1.54, 1.807) is 10.4 Å². The molecule has 1 N–H and O–H groups in total. The Morgan fingerprint density at radius 2 is 1.69 bits per heavy atom. The molecule has 2 heterocycles. The zero-order valence-electron chi connectivity index (χ0n) is 18.4. The van der Waals surface area contributed by atoms with Crippen LogP contribution >= 0.6 is 0 Å². The Bertz CT molecular complexity index is 837. The molecule has 7 heteroatoms. The van der Waals surface area contributed by atoms with Crippen molar-refractivity contribution in [3.05, 3.63) is 29.3 Å². The minimum absolute atomic E-state index is 0.126. The van der Waals surface area contributed by atoms with Crippen LogP contribution in [-0.4, -0.2) is 68.8 Å². The molecule has 1 amide bonds. The van der Waals surface area contributed by atoms with Gasteiger partial charge in [0, 0.05) is 13.1 Å². The van der Waals surface area contributed by atoms with Crippen LogP contribution in [0.1, 0.15) is 38.3 Å². The summed E-state index contributed by atoms with van der Waals surface area (Å²) < 4.78 is 27.8. The van der Waals surface area contributed by atoms with E-state index in [1.807, 2.05) is 37.8 Å². The molecule has 6 nitrogen and oxygen atoms in total. The molecule has 0 aliphatic carbocycles. The van der Waals surface area contributed by atoms with Gasteiger partial charge in [0.2, 0.25) is 10.0 Å². The number of hydrogen-bond acceptors (Lipinski definition) is 3. The van der Waals surface area contributed by atoms with E-state index in [1.165, 1.54) is 11.3 Å². The highest BCUT2D eigenvalue weighted by Crippen LogP contribution is 2.22. The Labute approximate surface area is 175 Å². The molecule has 2 fully saturated rings. The number of hydrogen-bond donors (Lipinski definition) is 1. The summed E-state index contributed by atoms with van der Waals surface area (Å²) in [6.45, 7) is 14.2. The summed E-state index contributed by atoms with van der Waals surface area (Å²) in [5.41, 5.74) is 1.85. The molecule has 2 aliphatic heterocycles. The smallest absolute Gasteiger partial charge is 0.280 e. The van der Waals surface area contributed by atoms with Gasteiger partial charge in [-0.25, -0.2) is 8.42 Å². The lowest BCUT2D eigenvalue weighted by Crippen LogP contribution is -3.19. The minimum atomic E-state index is -3.49. The first kappa shape index (κ1) is 22.2. The van der Waals surface area contributed by atoms with E-state index in [4.69, 9.17) is 0 Å². The summed E-state index contributed by atoms with van der Waals surface area (Å²) in [4.78, 5) is 16.6. The first-order chi connectivity index (χ1) is 13.6. The van der Waals surface area contributed by atoms with Crippen LogP contribution in [0.5, 0.6) is 0 Å². The topological polar surface area (TPSA) is 62.1 Å². The third-order valence-corrected chi connectivity index (χ3v) is 8.54. The molecule has 162 valence electrons. The fourth-order valence-corrected chi connectivity index (χ4v) is 6.61. The van der Waals surface area contributed by atoms with Crippen molar-refractivity contribution >= 4 is 15.9 Å². The predicted molar refractivity (Wildman–Crippen MR) is 114 cm³/mol. The molecule has 2 aliphatic rings. The lowest BCUT2D eigenvalue weighted by atomic mass is 9.91. The van der Waals surface area contributed by atoms with Crippen LogP contribution in [0.4, 0.5) is 0 Å². The predicted octanol–water partition coefficient (Wildman–Crippen LogP) is 1.09. The molecule has 0 bridgehead atoms. The fraction of sp³-hybridized carbons (Fsp3) is 0.682. The van der Waals surface area contributed by atoms with Crippen LogP contribution in [-0.2, 0) is 14.8 Å². The number of amides is 1. The molecule has 1 aromatic carbocycles. The van der Waals surface area contributed by atoms with E-state index >= 15 is 0 Å². The van der Waals surface area contributed by atoms with Gasteiger partial charge in [-0.3, -0.25) is 4.79 Å². The first-order valence-corrected chi connectivity index (χ1v) is 12.2. The average Bonchev–Trinajstić information content (AvgIpc) is 2.66. The van der Waals surface area contributed by atoms with Gasteiger partial charge in [0.1, 0.15) is 0 Å². The van der Waals surface area contributed by atoms with Gasteiger partial charge in [-0.2, -0.15) is 4.31 Å². The molecule has 2 saturated heterocycles. The molecule has 0 aromatic heterocycles. The summed E-state index contributed by atoms with van der Waals surface area (Å²) in [5.74, 6) is 1.30.